The number of hydrogen-bond acceptors (Lipinski definition) is 2. The lowest BCUT2D eigenvalue weighted by Crippen LogP contribution is -2.49. The van der Waals surface area contributed by atoms with Crippen LogP contribution < -0.4 is 5.32 Å². The molecule has 4 heteroatoms. The van der Waals surface area contributed by atoms with E-state index < -0.39 is 0 Å². The molecule has 2 N–H and O–H groups in total. The van der Waals surface area contributed by atoms with Crippen molar-refractivity contribution in [3.05, 3.63) is 59.7 Å². The van der Waals surface area contributed by atoms with Crippen molar-refractivity contribution in [2.24, 2.45) is 0 Å². The molecule has 1 aliphatic carbocycles. The molecule has 0 amide bonds. The van der Waals surface area contributed by atoms with Crippen molar-refractivity contribution in [2.45, 2.75) is 68.9 Å². The van der Waals surface area contributed by atoms with Crippen molar-refractivity contribution in [1.82, 2.24) is 10.3 Å². The van der Waals surface area contributed by atoms with E-state index in [9.17, 15) is 4.39 Å². The first-order chi connectivity index (χ1) is 13.2. The Morgan fingerprint density at radius 3 is 2.59 bits per heavy atom. The number of aromatic amines is 1. The molecular weight excluding hydrogens is 339 g/mol. The number of rotatable bonds is 6. The molecule has 1 unspecified atom stereocenters. The number of halogens is 1. The van der Waals surface area contributed by atoms with E-state index in [4.69, 9.17) is 4.74 Å². The summed E-state index contributed by atoms with van der Waals surface area (Å²) in [6, 6.07) is 11.4. The summed E-state index contributed by atoms with van der Waals surface area (Å²) in [5.41, 5.74) is 2.59. The second-order valence-electron chi connectivity index (χ2n) is 8.43. The number of aromatic nitrogens is 1. The van der Waals surface area contributed by atoms with Crippen LogP contribution >= 0.6 is 0 Å². The van der Waals surface area contributed by atoms with Crippen molar-refractivity contribution in [3.8, 4) is 0 Å². The largest absolute Gasteiger partial charge is 0.375 e. The predicted octanol–water partition coefficient (Wildman–Crippen LogP) is 5.08. The normalized spacial score (nSPS) is 24.9. The van der Waals surface area contributed by atoms with Gasteiger partial charge in [0.15, 0.2) is 0 Å². The summed E-state index contributed by atoms with van der Waals surface area (Å²) in [5.74, 6) is -0.154. The first kappa shape index (κ1) is 18.7. The number of hydrogen-bond donors (Lipinski definition) is 2. The van der Waals surface area contributed by atoms with Crippen molar-refractivity contribution in [3.63, 3.8) is 0 Å². The Labute approximate surface area is 161 Å². The van der Waals surface area contributed by atoms with Crippen molar-refractivity contribution >= 4 is 0 Å². The second kappa shape index (κ2) is 8.15. The van der Waals surface area contributed by atoms with Crippen LogP contribution in [0.25, 0.3) is 0 Å². The molecule has 146 valence electrons. The standard InChI is InChI=1S/C23H31FN2O/c24-20-8-6-19(7-9-20)22(12-15-25-17-21-5-4-14-26-21)13-16-27-23(18-22)10-2-1-3-11-23/h4-9,14,25-26H,1-3,10-13,15-18H2. The molecule has 4 rings (SSSR count). The Morgan fingerprint density at radius 2 is 1.85 bits per heavy atom. The molecule has 1 spiro atoms. The van der Waals surface area contributed by atoms with Gasteiger partial charge >= 0.3 is 0 Å². The average Bonchev–Trinajstić information content (AvgIpc) is 3.20. The van der Waals surface area contributed by atoms with E-state index in [2.05, 4.69) is 16.4 Å². The molecule has 27 heavy (non-hydrogen) atoms. The van der Waals surface area contributed by atoms with Crippen LogP contribution in [0.3, 0.4) is 0 Å². The monoisotopic (exact) mass is 370 g/mol. The molecule has 1 aromatic carbocycles. The van der Waals surface area contributed by atoms with Crippen LogP contribution in [0.2, 0.25) is 0 Å². The zero-order valence-corrected chi connectivity index (χ0v) is 16.1. The third kappa shape index (κ3) is 4.27. The van der Waals surface area contributed by atoms with E-state index in [-0.39, 0.29) is 16.8 Å². The SMILES string of the molecule is Fc1ccc(C2(CCNCc3ccc[nH]3)CCOC3(CCCCC3)C2)cc1. The minimum Gasteiger partial charge on any atom is -0.375 e. The van der Waals surface area contributed by atoms with E-state index in [1.165, 1.54) is 43.4 Å². The van der Waals surface area contributed by atoms with E-state index >= 15 is 0 Å². The molecular formula is C23H31FN2O. The van der Waals surface area contributed by atoms with Gasteiger partial charge in [0.05, 0.1) is 5.60 Å². The fourth-order valence-electron chi connectivity index (χ4n) is 5.17. The van der Waals surface area contributed by atoms with Gasteiger partial charge in [0.1, 0.15) is 5.82 Å². The molecule has 2 fully saturated rings. The van der Waals surface area contributed by atoms with Crippen LogP contribution in [0.15, 0.2) is 42.6 Å². The van der Waals surface area contributed by atoms with Gasteiger partial charge in [0.2, 0.25) is 0 Å². The van der Waals surface area contributed by atoms with Crippen LogP contribution in [-0.2, 0) is 16.7 Å². The van der Waals surface area contributed by atoms with Gasteiger partial charge in [-0.1, -0.05) is 31.4 Å². The minimum atomic E-state index is -0.154. The van der Waals surface area contributed by atoms with Crippen LogP contribution in [0.5, 0.6) is 0 Å². The van der Waals surface area contributed by atoms with Crippen LogP contribution in [0.1, 0.15) is 62.6 Å². The highest BCUT2D eigenvalue weighted by Crippen LogP contribution is 2.49. The second-order valence-corrected chi connectivity index (χ2v) is 8.43. The van der Waals surface area contributed by atoms with Gasteiger partial charge in [-0.05, 0) is 68.5 Å². The molecule has 1 aliphatic heterocycles. The third-order valence-corrected chi connectivity index (χ3v) is 6.63. The topological polar surface area (TPSA) is 37.0 Å². The number of ether oxygens (including phenoxy) is 1. The highest BCUT2D eigenvalue weighted by molar-refractivity contribution is 5.28. The fraction of sp³-hybridized carbons (Fsp3) is 0.565. The van der Waals surface area contributed by atoms with Crippen LogP contribution in [0.4, 0.5) is 4.39 Å². The van der Waals surface area contributed by atoms with Gasteiger partial charge < -0.3 is 15.0 Å². The Morgan fingerprint density at radius 1 is 1.04 bits per heavy atom. The lowest BCUT2D eigenvalue weighted by molar-refractivity contribution is -0.126. The molecule has 1 saturated carbocycles. The van der Waals surface area contributed by atoms with Gasteiger partial charge in [-0.15, -0.1) is 0 Å². The van der Waals surface area contributed by atoms with Crippen molar-refractivity contribution in [1.29, 1.82) is 0 Å². The highest BCUT2D eigenvalue weighted by atomic mass is 19.1. The minimum absolute atomic E-state index is 0.0321. The molecule has 1 aromatic heterocycles. The molecule has 2 heterocycles. The van der Waals surface area contributed by atoms with Gasteiger partial charge in [-0.2, -0.15) is 0 Å². The van der Waals surface area contributed by atoms with Gasteiger partial charge in [-0.25, -0.2) is 4.39 Å². The maximum Gasteiger partial charge on any atom is 0.123 e. The number of nitrogens with one attached hydrogen (secondary N) is 2. The Bertz CT molecular complexity index is 701. The first-order valence-electron chi connectivity index (χ1n) is 10.4. The maximum atomic E-state index is 13.5. The van der Waals surface area contributed by atoms with Crippen molar-refractivity contribution < 1.29 is 9.13 Å². The summed E-state index contributed by atoms with van der Waals surface area (Å²) in [5, 5.41) is 3.59. The molecule has 0 radical (unpaired) electrons. The number of benzene rings is 1. The maximum absolute atomic E-state index is 13.5. The summed E-state index contributed by atoms with van der Waals surface area (Å²) in [7, 11) is 0. The summed E-state index contributed by atoms with van der Waals surface area (Å²) in [6.45, 7) is 2.62. The molecule has 2 aliphatic rings. The summed E-state index contributed by atoms with van der Waals surface area (Å²) in [6.07, 6.45) is 11.3. The summed E-state index contributed by atoms with van der Waals surface area (Å²) < 4.78 is 19.9. The predicted molar refractivity (Wildman–Crippen MR) is 106 cm³/mol. The Kier molecular flexibility index (Phi) is 5.65. The summed E-state index contributed by atoms with van der Waals surface area (Å²) >= 11 is 0. The molecule has 2 aromatic rings. The molecule has 1 saturated heterocycles. The van der Waals surface area contributed by atoms with Gasteiger partial charge in [-0.3, -0.25) is 0 Å². The van der Waals surface area contributed by atoms with Gasteiger partial charge in [0, 0.05) is 30.5 Å². The molecule has 1 atom stereocenters. The average molecular weight is 371 g/mol. The fourth-order valence-corrected chi connectivity index (χ4v) is 5.17. The quantitative estimate of drug-likeness (QED) is 0.696. The van der Waals surface area contributed by atoms with E-state index in [0.717, 1.165) is 39.0 Å². The lowest BCUT2D eigenvalue weighted by atomic mass is 9.63. The van der Waals surface area contributed by atoms with E-state index in [1.54, 1.807) is 12.1 Å². The van der Waals surface area contributed by atoms with E-state index in [1.807, 2.05) is 24.4 Å². The van der Waals surface area contributed by atoms with Crippen LogP contribution in [0, 0.1) is 5.82 Å². The third-order valence-electron chi connectivity index (χ3n) is 6.63. The zero-order valence-electron chi connectivity index (χ0n) is 16.1. The zero-order chi connectivity index (χ0) is 18.6. The number of H-pyrrole nitrogens is 1. The smallest absolute Gasteiger partial charge is 0.123 e. The van der Waals surface area contributed by atoms with Crippen LogP contribution in [-0.4, -0.2) is 23.7 Å². The van der Waals surface area contributed by atoms with Crippen molar-refractivity contribution in [2.75, 3.05) is 13.2 Å². The Hall–Kier alpha value is -1.65. The molecule has 0 bridgehead atoms. The lowest BCUT2D eigenvalue weighted by Gasteiger charge is -2.50. The summed E-state index contributed by atoms with van der Waals surface area (Å²) in [4.78, 5) is 3.25. The molecule has 3 nitrogen and oxygen atoms in total. The van der Waals surface area contributed by atoms with Gasteiger partial charge in [0.25, 0.3) is 0 Å². The van der Waals surface area contributed by atoms with E-state index in [0.29, 0.717) is 0 Å². The highest BCUT2D eigenvalue weighted by Gasteiger charge is 2.46. The first-order valence-corrected chi connectivity index (χ1v) is 10.4. The Balaban J connectivity index is 1.50.